The van der Waals surface area contributed by atoms with Gasteiger partial charge in [0.1, 0.15) is 0 Å². The van der Waals surface area contributed by atoms with E-state index >= 15 is 0 Å². The van der Waals surface area contributed by atoms with Crippen LogP contribution in [0.2, 0.25) is 0 Å². The molecule has 2 unspecified atom stereocenters. The van der Waals surface area contributed by atoms with Crippen molar-refractivity contribution < 1.29 is 0 Å². The van der Waals surface area contributed by atoms with Gasteiger partial charge in [-0.1, -0.05) is 6.08 Å². The second-order valence-electron chi connectivity index (χ2n) is 1.49. The van der Waals surface area contributed by atoms with E-state index in [1.54, 1.807) is 0 Å². The summed E-state index contributed by atoms with van der Waals surface area (Å²) in [5.74, 6) is 0.498. The molecule has 2 heteroatoms. The molecule has 0 aromatic rings. The maximum absolute atomic E-state index is 3.56. The van der Waals surface area contributed by atoms with Crippen molar-refractivity contribution in [3.63, 3.8) is 0 Å². The second-order valence-corrected chi connectivity index (χ2v) is 2.49. The molecule has 2 atom stereocenters. The zero-order chi connectivity index (χ0) is 5.70. The second kappa shape index (κ2) is 4.29. The molecular formula is C5H12NP. The van der Waals surface area contributed by atoms with Gasteiger partial charge in [0.15, 0.2) is 0 Å². The third-order valence-electron chi connectivity index (χ3n) is 0.584. The van der Waals surface area contributed by atoms with E-state index < -0.39 is 0 Å². The average molecular weight is 117 g/mol. The van der Waals surface area contributed by atoms with Crippen LogP contribution >= 0.6 is 9.24 Å². The minimum Gasteiger partial charge on any atom is -0.307 e. The predicted octanol–water partition coefficient (Wildman–Crippen LogP) is 0.983. The van der Waals surface area contributed by atoms with E-state index in [1.165, 1.54) is 0 Å². The Morgan fingerprint density at radius 3 is 2.71 bits per heavy atom. The lowest BCUT2D eigenvalue weighted by Gasteiger charge is -2.01. The van der Waals surface area contributed by atoms with E-state index in [0.29, 0.717) is 5.78 Å². The first-order chi connectivity index (χ1) is 3.27. The topological polar surface area (TPSA) is 12.0 Å². The summed E-state index contributed by atoms with van der Waals surface area (Å²) >= 11 is 0. The predicted molar refractivity (Wildman–Crippen MR) is 37.4 cm³/mol. The van der Waals surface area contributed by atoms with Gasteiger partial charge in [0.05, 0.1) is 0 Å². The fraction of sp³-hybridized carbons (Fsp3) is 0.600. The van der Waals surface area contributed by atoms with Crippen LogP contribution in [0.4, 0.5) is 0 Å². The summed E-state index contributed by atoms with van der Waals surface area (Å²) in [6.45, 7) is 6.53. The van der Waals surface area contributed by atoms with Crippen molar-refractivity contribution in [2.24, 2.45) is 0 Å². The first-order valence-corrected chi connectivity index (χ1v) is 3.04. The van der Waals surface area contributed by atoms with Crippen LogP contribution in [0.3, 0.4) is 0 Å². The first-order valence-electron chi connectivity index (χ1n) is 2.37. The van der Waals surface area contributed by atoms with E-state index in [1.807, 2.05) is 6.08 Å². The summed E-state index contributed by atoms with van der Waals surface area (Å²) in [7, 11) is 2.65. The van der Waals surface area contributed by atoms with Crippen LogP contribution in [0.15, 0.2) is 12.7 Å². The Morgan fingerprint density at radius 2 is 2.57 bits per heavy atom. The molecule has 1 nitrogen and oxygen atoms in total. The molecule has 0 spiro atoms. The lowest BCUT2D eigenvalue weighted by molar-refractivity contribution is 0.752. The molecular weight excluding hydrogens is 105 g/mol. The molecule has 0 amide bonds. The Bertz CT molecular complexity index is 52.0. The van der Waals surface area contributed by atoms with Crippen LogP contribution in [-0.4, -0.2) is 12.3 Å². The van der Waals surface area contributed by atoms with Crippen molar-refractivity contribution in [3.8, 4) is 0 Å². The molecule has 0 rings (SSSR count). The van der Waals surface area contributed by atoms with Crippen molar-refractivity contribution in [2.75, 3.05) is 6.54 Å². The summed E-state index contributed by atoms with van der Waals surface area (Å²) in [5, 5.41) is 3.14. The highest BCUT2D eigenvalue weighted by atomic mass is 31.0. The molecule has 42 valence electrons. The molecule has 0 aromatic heterocycles. The lowest BCUT2D eigenvalue weighted by atomic mass is 10.6. The minimum absolute atomic E-state index is 0.498. The molecule has 0 aliphatic carbocycles. The third kappa shape index (κ3) is 6.13. The highest BCUT2D eigenvalue weighted by Crippen LogP contribution is 1.89. The van der Waals surface area contributed by atoms with Crippen LogP contribution in [0, 0.1) is 0 Å². The zero-order valence-electron chi connectivity index (χ0n) is 4.65. The Morgan fingerprint density at radius 1 is 2.00 bits per heavy atom. The fourth-order valence-electron chi connectivity index (χ4n) is 0.269. The normalized spacial score (nSPS) is 13.4. The average Bonchev–Trinajstić information content (AvgIpc) is 1.61. The molecule has 1 N–H and O–H groups in total. The van der Waals surface area contributed by atoms with Gasteiger partial charge in [-0.15, -0.1) is 15.8 Å². The van der Waals surface area contributed by atoms with Gasteiger partial charge in [-0.05, 0) is 6.92 Å². The highest BCUT2D eigenvalue weighted by Gasteiger charge is 1.83. The van der Waals surface area contributed by atoms with E-state index in [4.69, 9.17) is 0 Å². The van der Waals surface area contributed by atoms with E-state index in [0.717, 1.165) is 6.54 Å². The van der Waals surface area contributed by atoms with Crippen molar-refractivity contribution in [2.45, 2.75) is 12.7 Å². The number of hydrogen-bond acceptors (Lipinski definition) is 1. The first kappa shape index (κ1) is 7.13. The molecule has 0 saturated carbocycles. The smallest absolute Gasteiger partial charge is 0.0186 e. The van der Waals surface area contributed by atoms with Crippen LogP contribution in [0.1, 0.15) is 6.92 Å². The highest BCUT2D eigenvalue weighted by molar-refractivity contribution is 7.17. The summed E-state index contributed by atoms with van der Waals surface area (Å²) in [4.78, 5) is 0. The van der Waals surface area contributed by atoms with Gasteiger partial charge in [0.2, 0.25) is 0 Å². The van der Waals surface area contributed by atoms with Gasteiger partial charge in [-0.25, -0.2) is 0 Å². The third-order valence-corrected chi connectivity index (χ3v) is 0.820. The Kier molecular flexibility index (Phi) is 4.37. The summed E-state index contributed by atoms with van der Waals surface area (Å²) in [6.07, 6.45) is 1.85. The molecule has 0 saturated heterocycles. The maximum atomic E-state index is 3.56. The molecule has 0 radical (unpaired) electrons. The van der Waals surface area contributed by atoms with Crippen molar-refractivity contribution in [3.05, 3.63) is 12.7 Å². The van der Waals surface area contributed by atoms with E-state index in [2.05, 4.69) is 28.1 Å². The van der Waals surface area contributed by atoms with Gasteiger partial charge in [-0.2, -0.15) is 0 Å². The van der Waals surface area contributed by atoms with Crippen LogP contribution < -0.4 is 5.32 Å². The van der Waals surface area contributed by atoms with Gasteiger partial charge in [-0.3, -0.25) is 0 Å². The summed E-state index contributed by atoms with van der Waals surface area (Å²) < 4.78 is 0. The van der Waals surface area contributed by atoms with Crippen LogP contribution in [-0.2, 0) is 0 Å². The van der Waals surface area contributed by atoms with Crippen molar-refractivity contribution in [1.82, 2.24) is 5.32 Å². The Labute approximate surface area is 47.4 Å². The Hall–Kier alpha value is 0.130. The molecule has 0 heterocycles. The quantitative estimate of drug-likeness (QED) is 0.429. The zero-order valence-corrected chi connectivity index (χ0v) is 5.80. The Balaban J connectivity index is 2.81. The molecule has 0 aliphatic heterocycles. The molecule has 0 fully saturated rings. The molecule has 7 heavy (non-hydrogen) atoms. The molecule has 0 aliphatic rings. The number of rotatable bonds is 3. The number of nitrogens with one attached hydrogen (secondary N) is 1. The fourth-order valence-corrected chi connectivity index (χ4v) is 0.405. The van der Waals surface area contributed by atoms with Crippen molar-refractivity contribution >= 4 is 9.24 Å². The van der Waals surface area contributed by atoms with Gasteiger partial charge in [0.25, 0.3) is 0 Å². The SMILES string of the molecule is C=CCNC(C)P. The van der Waals surface area contributed by atoms with Gasteiger partial charge < -0.3 is 5.32 Å². The van der Waals surface area contributed by atoms with Crippen LogP contribution in [0.5, 0.6) is 0 Å². The molecule has 0 bridgehead atoms. The minimum atomic E-state index is 0.498. The van der Waals surface area contributed by atoms with Gasteiger partial charge >= 0.3 is 0 Å². The lowest BCUT2D eigenvalue weighted by Crippen LogP contribution is -2.19. The van der Waals surface area contributed by atoms with E-state index in [-0.39, 0.29) is 0 Å². The number of hydrogen-bond donors (Lipinski definition) is 1. The van der Waals surface area contributed by atoms with Crippen molar-refractivity contribution in [1.29, 1.82) is 0 Å². The monoisotopic (exact) mass is 117 g/mol. The summed E-state index contributed by atoms with van der Waals surface area (Å²) in [5.41, 5.74) is 0. The maximum Gasteiger partial charge on any atom is 0.0186 e. The largest absolute Gasteiger partial charge is 0.307 e. The molecule has 0 aromatic carbocycles. The van der Waals surface area contributed by atoms with Crippen LogP contribution in [0.25, 0.3) is 0 Å². The summed E-state index contributed by atoms with van der Waals surface area (Å²) in [6, 6.07) is 0. The van der Waals surface area contributed by atoms with Gasteiger partial charge in [0, 0.05) is 12.3 Å². The van der Waals surface area contributed by atoms with E-state index in [9.17, 15) is 0 Å². The standard InChI is InChI=1S/C5H12NP/c1-3-4-6-5(2)7/h3,5-6H,1,4,7H2,2H3.